The van der Waals surface area contributed by atoms with Crippen LogP contribution in [-0.4, -0.2) is 36.6 Å². The Kier molecular flexibility index (Phi) is 7.38. The monoisotopic (exact) mass is 268 g/mol. The predicted molar refractivity (Wildman–Crippen MR) is 85.7 cm³/mol. The van der Waals surface area contributed by atoms with Gasteiger partial charge >= 0.3 is 0 Å². The van der Waals surface area contributed by atoms with Crippen LogP contribution in [0.4, 0.5) is 0 Å². The van der Waals surface area contributed by atoms with E-state index < -0.39 is 0 Å². The fourth-order valence-corrected chi connectivity index (χ4v) is 3.40. The molecule has 0 atom stereocenters. The molecule has 0 aromatic heterocycles. The third-order valence-electron chi connectivity index (χ3n) is 5.17. The van der Waals surface area contributed by atoms with E-state index in [9.17, 15) is 0 Å². The molecule has 0 saturated heterocycles. The van der Waals surface area contributed by atoms with E-state index in [1.165, 1.54) is 58.2 Å². The quantitative estimate of drug-likeness (QED) is 0.678. The lowest BCUT2D eigenvalue weighted by molar-refractivity contribution is 0.102. The summed E-state index contributed by atoms with van der Waals surface area (Å²) in [5, 5.41) is 3.68. The van der Waals surface area contributed by atoms with E-state index in [-0.39, 0.29) is 0 Å². The van der Waals surface area contributed by atoms with Crippen molar-refractivity contribution in [2.45, 2.75) is 85.2 Å². The second kappa shape index (κ2) is 8.26. The Morgan fingerprint density at radius 3 is 2.11 bits per heavy atom. The molecule has 114 valence electrons. The highest BCUT2D eigenvalue weighted by molar-refractivity contribution is 4.87. The lowest BCUT2D eigenvalue weighted by Gasteiger charge is -2.40. The van der Waals surface area contributed by atoms with Crippen LogP contribution >= 0.6 is 0 Å². The van der Waals surface area contributed by atoms with E-state index in [2.05, 4.69) is 44.8 Å². The van der Waals surface area contributed by atoms with Gasteiger partial charge in [-0.1, -0.05) is 47.5 Å². The van der Waals surface area contributed by atoms with Gasteiger partial charge in [-0.15, -0.1) is 0 Å². The van der Waals surface area contributed by atoms with E-state index in [1.54, 1.807) is 0 Å². The number of rotatable bonds is 9. The summed E-state index contributed by atoms with van der Waals surface area (Å²) in [5.74, 6) is 0. The summed E-state index contributed by atoms with van der Waals surface area (Å²) in [6.07, 6.45) is 8.30. The molecular weight excluding hydrogens is 232 g/mol. The maximum atomic E-state index is 3.68. The maximum Gasteiger partial charge on any atom is 0.00953 e. The molecule has 19 heavy (non-hydrogen) atoms. The Morgan fingerprint density at radius 1 is 1.11 bits per heavy atom. The average molecular weight is 268 g/mol. The van der Waals surface area contributed by atoms with E-state index >= 15 is 0 Å². The van der Waals surface area contributed by atoms with Gasteiger partial charge in [-0.2, -0.15) is 0 Å². The largest absolute Gasteiger partial charge is 0.314 e. The van der Waals surface area contributed by atoms with Gasteiger partial charge in [-0.25, -0.2) is 0 Å². The molecule has 1 aliphatic carbocycles. The molecule has 1 rings (SSSR count). The zero-order valence-electron chi connectivity index (χ0n) is 14.0. The maximum absolute atomic E-state index is 3.68. The van der Waals surface area contributed by atoms with Gasteiger partial charge in [-0.05, 0) is 37.6 Å². The number of nitrogens with zero attached hydrogens (tertiary/aromatic N) is 1. The summed E-state index contributed by atoms with van der Waals surface area (Å²) in [4.78, 5) is 2.77. The first-order chi connectivity index (χ1) is 9.06. The zero-order chi connectivity index (χ0) is 14.3. The Labute approximate surface area is 121 Å². The van der Waals surface area contributed by atoms with Crippen molar-refractivity contribution in [2.24, 2.45) is 5.41 Å². The van der Waals surface area contributed by atoms with Crippen molar-refractivity contribution in [3.05, 3.63) is 0 Å². The highest BCUT2D eigenvalue weighted by atomic mass is 15.2. The fraction of sp³-hybridized carbons (Fsp3) is 1.00. The molecule has 0 bridgehead atoms. The Bertz CT molecular complexity index is 227. The van der Waals surface area contributed by atoms with Gasteiger partial charge in [0.25, 0.3) is 0 Å². The summed E-state index contributed by atoms with van der Waals surface area (Å²) in [6.45, 7) is 15.2. The Balaban J connectivity index is 2.62. The predicted octanol–water partition coefficient (Wildman–Crippen LogP) is 4.06. The van der Waals surface area contributed by atoms with Gasteiger partial charge in [0.15, 0.2) is 0 Å². The van der Waals surface area contributed by atoms with Crippen molar-refractivity contribution >= 4 is 0 Å². The van der Waals surface area contributed by atoms with Crippen LogP contribution < -0.4 is 5.32 Å². The third kappa shape index (κ3) is 5.07. The van der Waals surface area contributed by atoms with Crippen molar-refractivity contribution < 1.29 is 0 Å². The van der Waals surface area contributed by atoms with Crippen LogP contribution in [0.3, 0.4) is 0 Å². The van der Waals surface area contributed by atoms with Crippen LogP contribution in [0, 0.1) is 5.41 Å². The molecule has 1 N–H and O–H groups in total. The van der Waals surface area contributed by atoms with Crippen molar-refractivity contribution in [3.8, 4) is 0 Å². The summed E-state index contributed by atoms with van der Waals surface area (Å²) in [7, 11) is 0. The van der Waals surface area contributed by atoms with Gasteiger partial charge in [0.1, 0.15) is 0 Å². The number of hydrogen-bond donors (Lipinski definition) is 1. The smallest absolute Gasteiger partial charge is 0.00953 e. The Morgan fingerprint density at radius 2 is 1.68 bits per heavy atom. The molecule has 0 spiro atoms. The Hall–Kier alpha value is -0.0800. The van der Waals surface area contributed by atoms with E-state index in [4.69, 9.17) is 0 Å². The van der Waals surface area contributed by atoms with Crippen molar-refractivity contribution in [3.63, 3.8) is 0 Å². The van der Waals surface area contributed by atoms with Gasteiger partial charge < -0.3 is 10.2 Å². The van der Waals surface area contributed by atoms with Crippen LogP contribution in [0.15, 0.2) is 0 Å². The molecule has 1 fully saturated rings. The highest BCUT2D eigenvalue weighted by Gasteiger charge is 2.31. The molecule has 0 aromatic carbocycles. The lowest BCUT2D eigenvalue weighted by atomic mass is 9.81. The van der Waals surface area contributed by atoms with Gasteiger partial charge in [0.2, 0.25) is 0 Å². The molecule has 0 aromatic rings. The first-order valence-corrected chi connectivity index (χ1v) is 8.54. The van der Waals surface area contributed by atoms with Gasteiger partial charge in [0.05, 0.1) is 0 Å². The molecule has 2 nitrogen and oxygen atoms in total. The first-order valence-electron chi connectivity index (χ1n) is 8.54. The molecule has 0 heterocycles. The zero-order valence-corrected chi connectivity index (χ0v) is 14.0. The van der Waals surface area contributed by atoms with Crippen molar-refractivity contribution in [1.29, 1.82) is 0 Å². The van der Waals surface area contributed by atoms with Crippen LogP contribution in [0.2, 0.25) is 0 Å². The average Bonchev–Trinajstić information content (AvgIpc) is 2.94. The molecule has 1 saturated carbocycles. The molecule has 0 radical (unpaired) electrons. The molecular formula is C17H36N2. The molecule has 0 aliphatic heterocycles. The standard InChI is InChI=1S/C17H36N2/c1-6-17(7-2,13-18-15(4)5)14-19(8-3)16-11-9-10-12-16/h15-16,18H,6-14H2,1-5H3. The van der Waals surface area contributed by atoms with Crippen molar-refractivity contribution in [2.75, 3.05) is 19.6 Å². The summed E-state index contributed by atoms with van der Waals surface area (Å²) in [6, 6.07) is 1.46. The van der Waals surface area contributed by atoms with Crippen LogP contribution in [-0.2, 0) is 0 Å². The summed E-state index contributed by atoms with van der Waals surface area (Å²) >= 11 is 0. The molecule has 2 heteroatoms. The fourth-order valence-electron chi connectivity index (χ4n) is 3.40. The summed E-state index contributed by atoms with van der Waals surface area (Å²) in [5.41, 5.74) is 0.461. The normalized spacial score (nSPS) is 17.8. The second-order valence-corrected chi connectivity index (χ2v) is 6.74. The van der Waals surface area contributed by atoms with E-state index in [0.717, 1.165) is 6.04 Å². The SMILES string of the molecule is CCN(CC(CC)(CC)CNC(C)C)C1CCCC1. The van der Waals surface area contributed by atoms with Crippen LogP contribution in [0.5, 0.6) is 0 Å². The van der Waals surface area contributed by atoms with Crippen LogP contribution in [0.1, 0.15) is 73.1 Å². The minimum absolute atomic E-state index is 0.461. The molecule has 0 amide bonds. The second-order valence-electron chi connectivity index (χ2n) is 6.74. The minimum atomic E-state index is 0.461. The lowest BCUT2D eigenvalue weighted by Crippen LogP contribution is -2.47. The van der Waals surface area contributed by atoms with Gasteiger partial charge in [-0.3, -0.25) is 0 Å². The number of hydrogen-bond acceptors (Lipinski definition) is 2. The van der Waals surface area contributed by atoms with E-state index in [1.807, 2.05) is 0 Å². The minimum Gasteiger partial charge on any atom is -0.314 e. The third-order valence-corrected chi connectivity index (χ3v) is 5.17. The van der Waals surface area contributed by atoms with Crippen LogP contribution in [0.25, 0.3) is 0 Å². The summed E-state index contributed by atoms with van der Waals surface area (Å²) < 4.78 is 0. The topological polar surface area (TPSA) is 15.3 Å². The van der Waals surface area contributed by atoms with E-state index in [0.29, 0.717) is 11.5 Å². The highest BCUT2D eigenvalue weighted by Crippen LogP contribution is 2.31. The number of nitrogens with one attached hydrogen (secondary N) is 1. The molecule has 1 aliphatic rings. The van der Waals surface area contributed by atoms with Gasteiger partial charge in [0, 0.05) is 25.2 Å². The van der Waals surface area contributed by atoms with Crippen molar-refractivity contribution in [1.82, 2.24) is 10.2 Å². The first kappa shape index (κ1) is 17.0. The molecule has 0 unspecified atom stereocenters.